The maximum Gasteiger partial charge on any atom is 0.238 e. The van der Waals surface area contributed by atoms with Crippen molar-refractivity contribution in [2.24, 2.45) is 11.8 Å². The van der Waals surface area contributed by atoms with Crippen molar-refractivity contribution in [3.63, 3.8) is 0 Å². The molecule has 164 valence electrons. The molecule has 2 aromatic rings. The molecule has 2 aromatic carbocycles. The fourth-order valence-corrected chi connectivity index (χ4v) is 4.11. The molecule has 0 saturated carbocycles. The zero-order chi connectivity index (χ0) is 22.5. The molecule has 0 saturated heterocycles. The highest BCUT2D eigenvalue weighted by atomic mass is 35.5. The van der Waals surface area contributed by atoms with Crippen LogP contribution < -0.4 is 10.6 Å². The summed E-state index contributed by atoms with van der Waals surface area (Å²) in [5, 5.41) is 6.30. The summed E-state index contributed by atoms with van der Waals surface area (Å²) in [5.74, 6) is 0.599. The number of benzene rings is 2. The molecule has 0 bridgehead atoms. The van der Waals surface area contributed by atoms with Crippen molar-refractivity contribution in [3.05, 3.63) is 58.6 Å². The molecule has 7 heteroatoms. The molecule has 0 aliphatic heterocycles. The van der Waals surface area contributed by atoms with E-state index in [9.17, 15) is 13.2 Å². The lowest BCUT2D eigenvalue weighted by atomic mass is 9.94. The number of sulfone groups is 1. The first-order valence-corrected chi connectivity index (χ1v) is 12.4. The molecule has 0 aliphatic carbocycles. The Kier molecular flexibility index (Phi) is 8.47. The summed E-state index contributed by atoms with van der Waals surface area (Å²) in [7, 11) is -3.39. The summed E-state index contributed by atoms with van der Waals surface area (Å²) < 4.78 is 23.5. The van der Waals surface area contributed by atoms with E-state index in [2.05, 4.69) is 62.6 Å². The van der Waals surface area contributed by atoms with Crippen molar-refractivity contribution < 1.29 is 13.2 Å². The van der Waals surface area contributed by atoms with Gasteiger partial charge in [-0.25, -0.2) is 8.42 Å². The molecule has 0 aliphatic rings. The quantitative estimate of drug-likeness (QED) is 0.571. The smallest absolute Gasteiger partial charge is 0.238 e. The number of hydrogen-bond donors (Lipinski definition) is 2. The Morgan fingerprint density at radius 3 is 2.20 bits per heavy atom. The highest BCUT2D eigenvalue weighted by Crippen LogP contribution is 2.26. The van der Waals surface area contributed by atoms with Crippen LogP contribution in [0.4, 0.5) is 5.69 Å². The van der Waals surface area contributed by atoms with Gasteiger partial charge in [-0.3, -0.25) is 4.79 Å². The lowest BCUT2D eigenvalue weighted by Crippen LogP contribution is -2.33. The molecule has 0 spiro atoms. The van der Waals surface area contributed by atoms with Crippen molar-refractivity contribution in [1.29, 1.82) is 0 Å². The van der Waals surface area contributed by atoms with Crippen LogP contribution in [0, 0.1) is 11.8 Å². The summed E-state index contributed by atoms with van der Waals surface area (Å²) in [4.78, 5) is 12.6. The van der Waals surface area contributed by atoms with E-state index < -0.39 is 9.84 Å². The van der Waals surface area contributed by atoms with Gasteiger partial charge >= 0.3 is 0 Å². The van der Waals surface area contributed by atoms with Crippen molar-refractivity contribution in [2.75, 3.05) is 18.1 Å². The van der Waals surface area contributed by atoms with Crippen molar-refractivity contribution in [2.45, 2.75) is 45.1 Å². The number of carbonyl (C=O) groups excluding carboxylic acids is 1. The van der Waals surface area contributed by atoms with Crippen LogP contribution in [0.25, 0.3) is 0 Å². The van der Waals surface area contributed by atoms with Crippen LogP contribution in [0.2, 0.25) is 5.02 Å². The minimum Gasteiger partial charge on any atom is -0.324 e. The van der Waals surface area contributed by atoms with Gasteiger partial charge in [0.2, 0.25) is 5.91 Å². The maximum absolute atomic E-state index is 12.5. The van der Waals surface area contributed by atoms with Gasteiger partial charge in [0.05, 0.1) is 22.2 Å². The van der Waals surface area contributed by atoms with Gasteiger partial charge in [-0.2, -0.15) is 0 Å². The molecule has 2 rings (SSSR count). The molecule has 5 nitrogen and oxygen atoms in total. The molecule has 30 heavy (non-hydrogen) atoms. The third kappa shape index (κ3) is 7.11. The molecule has 1 amide bonds. The van der Waals surface area contributed by atoms with Crippen molar-refractivity contribution in [3.8, 4) is 0 Å². The first-order chi connectivity index (χ1) is 14.0. The van der Waals surface area contributed by atoms with E-state index in [-0.39, 0.29) is 40.0 Å². The van der Waals surface area contributed by atoms with Gasteiger partial charge in [-0.15, -0.1) is 0 Å². The summed E-state index contributed by atoms with van der Waals surface area (Å²) in [6.45, 7) is 8.68. The lowest BCUT2D eigenvalue weighted by Gasteiger charge is -2.23. The molecule has 1 atom stereocenters. The predicted octanol–water partition coefficient (Wildman–Crippen LogP) is 4.87. The highest BCUT2D eigenvalue weighted by molar-refractivity contribution is 7.90. The molecule has 0 radical (unpaired) electrons. The van der Waals surface area contributed by atoms with Crippen LogP contribution in [0.3, 0.4) is 0 Å². The molecule has 2 N–H and O–H groups in total. The van der Waals surface area contributed by atoms with Crippen LogP contribution in [-0.2, 0) is 21.1 Å². The van der Waals surface area contributed by atoms with Gasteiger partial charge in [0, 0.05) is 12.3 Å². The van der Waals surface area contributed by atoms with Crippen molar-refractivity contribution >= 4 is 33.0 Å². The van der Waals surface area contributed by atoms with E-state index >= 15 is 0 Å². The number of rotatable bonds is 9. The number of amides is 1. The topological polar surface area (TPSA) is 75.3 Å². The second-order valence-corrected chi connectivity index (χ2v) is 10.8. The SMILES string of the molecule is CC(C)Cc1ccc(C(NCC(=O)Nc2cc(S(C)(=O)=O)ccc2Cl)C(C)C)cc1. The maximum atomic E-state index is 12.5. The lowest BCUT2D eigenvalue weighted by molar-refractivity contribution is -0.115. The Hall–Kier alpha value is -1.89. The van der Waals surface area contributed by atoms with E-state index in [0.717, 1.165) is 18.2 Å². The summed E-state index contributed by atoms with van der Waals surface area (Å²) in [6, 6.07) is 12.8. The van der Waals surface area contributed by atoms with Crippen LogP contribution >= 0.6 is 11.6 Å². The fraction of sp³-hybridized carbons (Fsp3) is 0.435. The Labute approximate surface area is 185 Å². The summed E-state index contributed by atoms with van der Waals surface area (Å²) in [6.07, 6.45) is 2.15. The minimum atomic E-state index is -3.39. The highest BCUT2D eigenvalue weighted by Gasteiger charge is 2.18. The van der Waals surface area contributed by atoms with E-state index in [0.29, 0.717) is 5.92 Å². The second kappa shape index (κ2) is 10.4. The van der Waals surface area contributed by atoms with Gasteiger partial charge < -0.3 is 10.6 Å². The van der Waals surface area contributed by atoms with E-state index in [1.165, 1.54) is 23.8 Å². The number of carbonyl (C=O) groups is 1. The number of anilines is 1. The first kappa shape index (κ1) is 24.4. The average molecular weight is 451 g/mol. The van der Waals surface area contributed by atoms with Gasteiger partial charge in [-0.05, 0) is 47.6 Å². The molecule has 1 unspecified atom stereocenters. The standard InChI is InChI=1S/C23H31ClN2O3S/c1-15(2)12-17-6-8-18(9-7-17)23(16(3)4)25-14-22(27)26-21-13-19(30(5,28)29)10-11-20(21)24/h6-11,13,15-16,23,25H,12,14H2,1-5H3,(H,26,27). The van der Waals surface area contributed by atoms with Crippen LogP contribution in [0.5, 0.6) is 0 Å². The summed E-state index contributed by atoms with van der Waals surface area (Å²) >= 11 is 6.12. The zero-order valence-electron chi connectivity index (χ0n) is 18.2. The van der Waals surface area contributed by atoms with Gasteiger partial charge in [0.15, 0.2) is 9.84 Å². The van der Waals surface area contributed by atoms with Gasteiger partial charge in [0.1, 0.15) is 0 Å². The predicted molar refractivity (Wildman–Crippen MR) is 124 cm³/mol. The molecule has 0 heterocycles. The van der Waals surface area contributed by atoms with E-state index in [1.807, 2.05) is 0 Å². The molecular weight excluding hydrogens is 420 g/mol. The Balaban J connectivity index is 2.06. The molecule has 0 fully saturated rings. The third-order valence-corrected chi connectivity index (χ3v) is 6.21. The Morgan fingerprint density at radius 2 is 1.67 bits per heavy atom. The monoisotopic (exact) mass is 450 g/mol. The number of nitrogens with one attached hydrogen (secondary N) is 2. The second-order valence-electron chi connectivity index (χ2n) is 8.40. The zero-order valence-corrected chi connectivity index (χ0v) is 19.8. The Morgan fingerprint density at radius 1 is 1.03 bits per heavy atom. The third-order valence-electron chi connectivity index (χ3n) is 4.77. The van der Waals surface area contributed by atoms with E-state index in [4.69, 9.17) is 11.6 Å². The van der Waals surface area contributed by atoms with Gasteiger partial charge in [-0.1, -0.05) is 63.6 Å². The summed E-state index contributed by atoms with van der Waals surface area (Å²) in [5.41, 5.74) is 2.71. The van der Waals surface area contributed by atoms with E-state index in [1.54, 1.807) is 0 Å². The van der Waals surface area contributed by atoms with Crippen LogP contribution in [-0.4, -0.2) is 27.1 Å². The van der Waals surface area contributed by atoms with Crippen LogP contribution in [0.1, 0.15) is 44.9 Å². The number of hydrogen-bond acceptors (Lipinski definition) is 4. The molecular formula is C23H31ClN2O3S. The van der Waals surface area contributed by atoms with Crippen molar-refractivity contribution in [1.82, 2.24) is 5.32 Å². The normalized spacial score (nSPS) is 12.9. The molecule has 0 aromatic heterocycles. The number of halogens is 1. The average Bonchev–Trinajstić information content (AvgIpc) is 2.63. The fourth-order valence-electron chi connectivity index (χ4n) is 3.30. The minimum absolute atomic E-state index is 0.0154. The largest absolute Gasteiger partial charge is 0.324 e. The van der Waals surface area contributed by atoms with Gasteiger partial charge in [0.25, 0.3) is 0 Å². The first-order valence-electron chi connectivity index (χ1n) is 10.1. The Bertz CT molecular complexity index is 970. The van der Waals surface area contributed by atoms with Crippen LogP contribution in [0.15, 0.2) is 47.4 Å².